The van der Waals surface area contributed by atoms with Gasteiger partial charge in [0.25, 0.3) is 0 Å². The van der Waals surface area contributed by atoms with Crippen molar-refractivity contribution in [3.05, 3.63) is 40.8 Å². The molecule has 1 amide bonds. The van der Waals surface area contributed by atoms with Crippen LogP contribution in [0.4, 0.5) is 0 Å². The Morgan fingerprint density at radius 1 is 1.47 bits per heavy atom. The molecule has 1 unspecified atom stereocenters. The van der Waals surface area contributed by atoms with Crippen LogP contribution in [0.5, 0.6) is 0 Å². The molecule has 0 bridgehead atoms. The quantitative estimate of drug-likeness (QED) is 0.882. The first-order chi connectivity index (χ1) is 9.16. The number of nitrogens with one attached hydrogen (secondary N) is 1. The second kappa shape index (κ2) is 6.52. The fraction of sp³-hybridized carbons (Fsp3) is 0.429. The van der Waals surface area contributed by atoms with Gasteiger partial charge in [-0.2, -0.15) is 5.10 Å². The number of aryl methyl sites for hydroxylation is 1. The molecule has 0 aliphatic rings. The van der Waals surface area contributed by atoms with E-state index in [2.05, 4.69) is 30.3 Å². The zero-order valence-corrected chi connectivity index (χ0v) is 12.1. The van der Waals surface area contributed by atoms with Crippen molar-refractivity contribution in [1.82, 2.24) is 15.1 Å². The van der Waals surface area contributed by atoms with Crippen molar-refractivity contribution in [2.75, 3.05) is 0 Å². The maximum atomic E-state index is 12.0. The molecular formula is C14H19N3OS. The Morgan fingerprint density at radius 2 is 2.32 bits per heavy atom. The lowest BCUT2D eigenvalue weighted by Gasteiger charge is -2.21. The fourth-order valence-corrected chi connectivity index (χ4v) is 2.88. The number of carbonyl (C=O) groups is 1. The smallest absolute Gasteiger partial charge is 0.222 e. The molecule has 0 aliphatic heterocycles. The minimum absolute atomic E-state index is 0.0719. The summed E-state index contributed by atoms with van der Waals surface area (Å²) in [5.41, 5.74) is 0. The highest BCUT2D eigenvalue weighted by molar-refractivity contribution is 7.10. The SMILES string of the molecule is CC(C)C(NC(=O)CCn1cccn1)c1cccs1. The van der Waals surface area contributed by atoms with Crippen LogP contribution in [0.25, 0.3) is 0 Å². The number of hydrogen-bond acceptors (Lipinski definition) is 3. The summed E-state index contributed by atoms with van der Waals surface area (Å²) in [5.74, 6) is 0.454. The van der Waals surface area contributed by atoms with Crippen LogP contribution >= 0.6 is 11.3 Å². The summed E-state index contributed by atoms with van der Waals surface area (Å²) in [7, 11) is 0. The Balaban J connectivity index is 1.89. The third-order valence-corrected chi connectivity index (χ3v) is 3.92. The molecule has 0 saturated heterocycles. The molecule has 1 atom stereocenters. The molecule has 102 valence electrons. The van der Waals surface area contributed by atoms with Gasteiger partial charge in [0.2, 0.25) is 5.91 Å². The third kappa shape index (κ3) is 3.92. The molecule has 19 heavy (non-hydrogen) atoms. The largest absolute Gasteiger partial charge is 0.348 e. The minimum Gasteiger partial charge on any atom is -0.348 e. The molecule has 2 heterocycles. The van der Waals surface area contributed by atoms with Crippen molar-refractivity contribution in [3.8, 4) is 0 Å². The van der Waals surface area contributed by atoms with Gasteiger partial charge in [-0.3, -0.25) is 9.48 Å². The molecule has 2 rings (SSSR count). The predicted octanol–water partition coefficient (Wildman–Crippen LogP) is 2.85. The summed E-state index contributed by atoms with van der Waals surface area (Å²) in [4.78, 5) is 13.2. The Kier molecular flexibility index (Phi) is 4.74. The normalized spacial score (nSPS) is 12.6. The molecule has 2 aromatic heterocycles. The molecule has 0 radical (unpaired) electrons. The highest BCUT2D eigenvalue weighted by Gasteiger charge is 2.18. The first-order valence-corrected chi connectivity index (χ1v) is 7.35. The Morgan fingerprint density at radius 3 is 2.89 bits per heavy atom. The molecule has 0 aliphatic carbocycles. The van der Waals surface area contributed by atoms with Crippen LogP contribution in [-0.2, 0) is 11.3 Å². The lowest BCUT2D eigenvalue weighted by atomic mass is 10.0. The molecule has 0 saturated carbocycles. The molecule has 4 nitrogen and oxygen atoms in total. The number of aromatic nitrogens is 2. The molecular weight excluding hydrogens is 258 g/mol. The molecule has 5 heteroatoms. The summed E-state index contributed by atoms with van der Waals surface area (Å²) in [6, 6.07) is 6.06. The number of amides is 1. The van der Waals surface area contributed by atoms with E-state index < -0.39 is 0 Å². The summed E-state index contributed by atoms with van der Waals surface area (Å²) < 4.78 is 1.77. The van der Waals surface area contributed by atoms with Crippen molar-refractivity contribution in [2.24, 2.45) is 5.92 Å². The fourth-order valence-electron chi connectivity index (χ4n) is 1.93. The predicted molar refractivity (Wildman–Crippen MR) is 76.9 cm³/mol. The standard InChI is InChI=1S/C14H19N3OS/c1-11(2)14(12-5-3-10-19-12)16-13(18)6-9-17-8-4-7-15-17/h3-5,7-8,10-11,14H,6,9H2,1-2H3,(H,16,18). The van der Waals surface area contributed by atoms with Gasteiger partial charge in [0.05, 0.1) is 6.04 Å². The zero-order valence-electron chi connectivity index (χ0n) is 11.2. The van der Waals surface area contributed by atoms with E-state index in [-0.39, 0.29) is 11.9 Å². The van der Waals surface area contributed by atoms with Crippen LogP contribution in [0.2, 0.25) is 0 Å². The van der Waals surface area contributed by atoms with Gasteiger partial charge in [0, 0.05) is 30.2 Å². The average molecular weight is 277 g/mol. The molecule has 0 spiro atoms. The molecule has 0 aromatic carbocycles. The highest BCUT2D eigenvalue weighted by atomic mass is 32.1. The van der Waals surface area contributed by atoms with Gasteiger partial charge in [0.1, 0.15) is 0 Å². The van der Waals surface area contributed by atoms with Crippen molar-refractivity contribution in [3.63, 3.8) is 0 Å². The molecule has 0 fully saturated rings. The lowest BCUT2D eigenvalue weighted by molar-refractivity contribution is -0.122. The van der Waals surface area contributed by atoms with Crippen LogP contribution in [-0.4, -0.2) is 15.7 Å². The van der Waals surface area contributed by atoms with Gasteiger partial charge in [-0.1, -0.05) is 19.9 Å². The number of hydrogen-bond donors (Lipinski definition) is 1. The van der Waals surface area contributed by atoms with Crippen molar-refractivity contribution in [1.29, 1.82) is 0 Å². The van der Waals surface area contributed by atoms with Crippen LogP contribution < -0.4 is 5.32 Å². The van der Waals surface area contributed by atoms with E-state index in [0.29, 0.717) is 18.9 Å². The molecule has 2 aromatic rings. The average Bonchev–Trinajstić information content (AvgIpc) is 3.05. The maximum absolute atomic E-state index is 12.0. The summed E-state index contributed by atoms with van der Waals surface area (Å²) >= 11 is 1.68. The second-order valence-electron chi connectivity index (χ2n) is 4.82. The van der Waals surface area contributed by atoms with Gasteiger partial charge in [-0.25, -0.2) is 0 Å². The van der Waals surface area contributed by atoms with Gasteiger partial charge >= 0.3 is 0 Å². The van der Waals surface area contributed by atoms with E-state index in [1.807, 2.05) is 23.7 Å². The zero-order chi connectivity index (χ0) is 13.7. The molecule has 1 N–H and O–H groups in total. The Hall–Kier alpha value is -1.62. The summed E-state index contributed by atoms with van der Waals surface area (Å²) in [6.45, 7) is 4.87. The van der Waals surface area contributed by atoms with Crippen molar-refractivity contribution in [2.45, 2.75) is 32.9 Å². The number of carbonyl (C=O) groups excluding carboxylic acids is 1. The van der Waals surface area contributed by atoms with E-state index in [4.69, 9.17) is 0 Å². The first kappa shape index (κ1) is 13.8. The van der Waals surface area contributed by atoms with Crippen molar-refractivity contribution < 1.29 is 4.79 Å². The van der Waals surface area contributed by atoms with Crippen molar-refractivity contribution >= 4 is 17.2 Å². The van der Waals surface area contributed by atoms with Gasteiger partial charge in [0.15, 0.2) is 0 Å². The van der Waals surface area contributed by atoms with Crippen LogP contribution in [0, 0.1) is 5.92 Å². The minimum atomic E-state index is 0.0719. The monoisotopic (exact) mass is 277 g/mol. The van der Waals surface area contributed by atoms with E-state index in [1.54, 1.807) is 22.2 Å². The van der Waals surface area contributed by atoms with Gasteiger partial charge in [-0.05, 0) is 23.4 Å². The van der Waals surface area contributed by atoms with Gasteiger partial charge in [-0.15, -0.1) is 11.3 Å². The maximum Gasteiger partial charge on any atom is 0.222 e. The van der Waals surface area contributed by atoms with E-state index in [0.717, 1.165) is 0 Å². The van der Waals surface area contributed by atoms with Crippen LogP contribution in [0.1, 0.15) is 31.2 Å². The van der Waals surface area contributed by atoms with E-state index in [1.165, 1.54) is 4.88 Å². The number of nitrogens with zero attached hydrogens (tertiary/aromatic N) is 2. The lowest BCUT2D eigenvalue weighted by Crippen LogP contribution is -2.31. The Bertz CT molecular complexity index is 491. The van der Waals surface area contributed by atoms with Crippen LogP contribution in [0.3, 0.4) is 0 Å². The number of thiophene rings is 1. The van der Waals surface area contributed by atoms with Crippen LogP contribution in [0.15, 0.2) is 36.0 Å². The number of rotatable bonds is 6. The summed E-state index contributed by atoms with van der Waals surface area (Å²) in [6.07, 6.45) is 4.04. The summed E-state index contributed by atoms with van der Waals surface area (Å²) in [5, 5.41) is 9.25. The highest BCUT2D eigenvalue weighted by Crippen LogP contribution is 2.25. The van der Waals surface area contributed by atoms with E-state index in [9.17, 15) is 4.79 Å². The Labute approximate surface area is 117 Å². The van der Waals surface area contributed by atoms with Gasteiger partial charge < -0.3 is 5.32 Å². The second-order valence-corrected chi connectivity index (χ2v) is 5.80. The van der Waals surface area contributed by atoms with E-state index >= 15 is 0 Å². The third-order valence-electron chi connectivity index (χ3n) is 2.96. The first-order valence-electron chi connectivity index (χ1n) is 6.47. The topological polar surface area (TPSA) is 46.9 Å².